The zero-order valence-corrected chi connectivity index (χ0v) is 21.9. The molecule has 1 aromatic heterocycles. The molecular formula is C26H22BrN3O5S. The van der Waals surface area contributed by atoms with Gasteiger partial charge in [-0.15, -0.1) is 0 Å². The van der Waals surface area contributed by atoms with Crippen molar-refractivity contribution in [1.82, 2.24) is 9.29 Å². The molecule has 36 heavy (non-hydrogen) atoms. The highest BCUT2D eigenvalue weighted by molar-refractivity contribution is 9.12. The van der Waals surface area contributed by atoms with Crippen molar-refractivity contribution in [2.24, 2.45) is 10.4 Å². The molecule has 0 saturated heterocycles. The molecule has 2 aliphatic carbocycles. The maximum absolute atomic E-state index is 14.1. The molecule has 0 unspecified atom stereocenters. The number of rotatable bonds is 3. The number of ether oxygens (including phenoxy) is 1. The van der Waals surface area contributed by atoms with Gasteiger partial charge in [0.25, 0.3) is 10.0 Å². The van der Waals surface area contributed by atoms with Crippen LogP contribution in [0, 0.1) is 12.3 Å². The van der Waals surface area contributed by atoms with E-state index in [1.54, 1.807) is 42.6 Å². The number of hydrogen-bond acceptors (Lipinski definition) is 7. The van der Waals surface area contributed by atoms with E-state index >= 15 is 0 Å². The van der Waals surface area contributed by atoms with E-state index in [0.717, 1.165) is 15.1 Å². The number of nitrogens with one attached hydrogen (secondary N) is 1. The van der Waals surface area contributed by atoms with E-state index in [9.17, 15) is 18.0 Å². The number of allylic oxidation sites excluding steroid dienone is 6. The van der Waals surface area contributed by atoms with Gasteiger partial charge in [0.1, 0.15) is 11.9 Å². The summed E-state index contributed by atoms with van der Waals surface area (Å²) in [5.41, 5.74) is 2.94. The average molecular weight is 568 g/mol. The van der Waals surface area contributed by atoms with Gasteiger partial charge in [0.2, 0.25) is 5.78 Å². The second-order valence-corrected chi connectivity index (χ2v) is 12.0. The number of hydrogen-bond donors (Lipinski definition) is 1. The number of methoxy groups -OCH3 is 1. The lowest BCUT2D eigenvalue weighted by Crippen LogP contribution is -2.50. The zero-order chi connectivity index (χ0) is 25.4. The molecule has 0 fully saturated rings. The summed E-state index contributed by atoms with van der Waals surface area (Å²) in [6.45, 7) is 2.34. The van der Waals surface area contributed by atoms with Crippen molar-refractivity contribution in [3.63, 3.8) is 0 Å². The fourth-order valence-corrected chi connectivity index (χ4v) is 7.35. The number of benzene rings is 1. The Morgan fingerprint density at radius 2 is 1.97 bits per heavy atom. The molecule has 2 aliphatic heterocycles. The van der Waals surface area contributed by atoms with E-state index in [-0.39, 0.29) is 22.1 Å². The fourth-order valence-electron chi connectivity index (χ4n) is 5.42. The van der Waals surface area contributed by atoms with E-state index in [1.807, 2.05) is 6.92 Å². The Morgan fingerprint density at radius 1 is 1.22 bits per heavy atom. The monoisotopic (exact) mass is 567 g/mol. The van der Waals surface area contributed by atoms with E-state index in [1.165, 1.54) is 13.2 Å². The molecule has 6 rings (SSSR count). The van der Waals surface area contributed by atoms with Crippen molar-refractivity contribution >= 4 is 43.2 Å². The number of nitrogens with zero attached hydrogens (tertiary/aromatic N) is 2. The molecule has 10 heteroatoms. The third-order valence-electron chi connectivity index (χ3n) is 7.18. The predicted octanol–water partition coefficient (Wildman–Crippen LogP) is 3.20. The Labute approximate surface area is 216 Å². The van der Waals surface area contributed by atoms with Crippen molar-refractivity contribution in [2.45, 2.75) is 30.9 Å². The van der Waals surface area contributed by atoms with Crippen LogP contribution in [-0.4, -0.2) is 49.6 Å². The van der Waals surface area contributed by atoms with Crippen LogP contribution in [0.1, 0.15) is 33.6 Å². The van der Waals surface area contributed by atoms with Gasteiger partial charge in [0, 0.05) is 42.8 Å². The van der Waals surface area contributed by atoms with Gasteiger partial charge < -0.3 is 10.1 Å². The minimum absolute atomic E-state index is 0.0705. The summed E-state index contributed by atoms with van der Waals surface area (Å²) in [5.74, 6) is -0.613. The molecule has 184 valence electrons. The SMILES string of the molecule is CO[C@@H]1C[C@@]2(C=CC(=O)C(Br)=C2)C2=C(N1)C(=O)c1c3c(cn1S(=O)(=O)c1ccc(C)cc1)CCN=C23. The number of aromatic nitrogens is 1. The molecule has 3 heterocycles. The maximum atomic E-state index is 14.1. The Hall–Kier alpha value is -3.08. The first kappa shape index (κ1) is 23.3. The van der Waals surface area contributed by atoms with Gasteiger partial charge in [-0.25, -0.2) is 12.4 Å². The summed E-state index contributed by atoms with van der Waals surface area (Å²) in [5, 5.41) is 3.17. The quantitative estimate of drug-likeness (QED) is 0.610. The molecule has 4 aliphatic rings. The predicted molar refractivity (Wildman–Crippen MR) is 137 cm³/mol. The molecule has 0 bridgehead atoms. The summed E-state index contributed by atoms with van der Waals surface area (Å²) < 4.78 is 34.5. The molecule has 0 saturated carbocycles. The molecular weight excluding hydrogens is 546 g/mol. The number of carbonyl (C=O) groups excluding carboxylic acids is 2. The van der Waals surface area contributed by atoms with Crippen molar-refractivity contribution in [2.75, 3.05) is 13.7 Å². The third kappa shape index (κ3) is 3.21. The van der Waals surface area contributed by atoms with Crippen LogP contribution in [0.4, 0.5) is 0 Å². The normalized spacial score (nSPS) is 24.8. The van der Waals surface area contributed by atoms with Crippen LogP contribution < -0.4 is 5.32 Å². The summed E-state index contributed by atoms with van der Waals surface area (Å²) in [7, 11) is -2.51. The number of aryl methyl sites for hydroxylation is 1. The zero-order valence-electron chi connectivity index (χ0n) is 19.5. The van der Waals surface area contributed by atoms with Gasteiger partial charge in [-0.3, -0.25) is 14.6 Å². The Balaban J connectivity index is 1.60. The topological polar surface area (TPSA) is 107 Å². The first-order valence-electron chi connectivity index (χ1n) is 11.5. The van der Waals surface area contributed by atoms with Gasteiger partial charge >= 0.3 is 0 Å². The van der Waals surface area contributed by atoms with Crippen molar-refractivity contribution in [3.05, 3.63) is 86.8 Å². The highest BCUT2D eigenvalue weighted by atomic mass is 79.9. The van der Waals surface area contributed by atoms with E-state index in [0.29, 0.717) is 40.7 Å². The molecule has 1 N–H and O–H groups in total. The van der Waals surface area contributed by atoms with Crippen molar-refractivity contribution in [3.8, 4) is 0 Å². The third-order valence-corrected chi connectivity index (χ3v) is 9.47. The van der Waals surface area contributed by atoms with Crippen LogP contribution in [0.3, 0.4) is 0 Å². The second-order valence-electron chi connectivity index (χ2n) is 9.35. The minimum Gasteiger partial charge on any atom is -0.362 e. The Morgan fingerprint density at radius 3 is 2.67 bits per heavy atom. The summed E-state index contributed by atoms with van der Waals surface area (Å²) >= 11 is 3.37. The van der Waals surface area contributed by atoms with Crippen LogP contribution in [0.2, 0.25) is 0 Å². The van der Waals surface area contributed by atoms with Crippen LogP contribution in [-0.2, 0) is 26.0 Å². The average Bonchev–Trinajstić information content (AvgIpc) is 3.27. The first-order valence-corrected chi connectivity index (χ1v) is 13.7. The molecule has 1 spiro atoms. The van der Waals surface area contributed by atoms with Gasteiger partial charge in [-0.1, -0.05) is 29.8 Å². The maximum Gasteiger partial charge on any atom is 0.268 e. The van der Waals surface area contributed by atoms with Crippen LogP contribution in [0.15, 0.2) is 74.3 Å². The molecule has 2 aromatic rings. The number of Topliss-reactive ketones (excluding diaryl/α,β-unsaturated/α-hetero) is 1. The lowest BCUT2D eigenvalue weighted by molar-refractivity contribution is -0.110. The lowest BCUT2D eigenvalue weighted by Gasteiger charge is -2.44. The highest BCUT2D eigenvalue weighted by Gasteiger charge is 2.50. The number of halogens is 1. The van der Waals surface area contributed by atoms with Crippen molar-refractivity contribution in [1.29, 1.82) is 0 Å². The lowest BCUT2D eigenvalue weighted by atomic mass is 9.66. The number of carbonyl (C=O) groups is 2. The number of aliphatic imine (C=N–C) groups is 1. The van der Waals surface area contributed by atoms with Crippen LogP contribution >= 0.6 is 15.9 Å². The van der Waals surface area contributed by atoms with E-state index in [2.05, 4.69) is 21.2 Å². The van der Waals surface area contributed by atoms with Crippen LogP contribution in [0.5, 0.6) is 0 Å². The largest absolute Gasteiger partial charge is 0.362 e. The van der Waals surface area contributed by atoms with Crippen LogP contribution in [0.25, 0.3) is 0 Å². The Kier molecular flexibility index (Phi) is 5.16. The molecule has 8 nitrogen and oxygen atoms in total. The second kappa shape index (κ2) is 7.96. The van der Waals surface area contributed by atoms with Gasteiger partial charge in [0.05, 0.1) is 20.8 Å². The highest BCUT2D eigenvalue weighted by Crippen LogP contribution is 2.49. The smallest absolute Gasteiger partial charge is 0.268 e. The fraction of sp³-hybridized carbons (Fsp3) is 0.269. The molecule has 0 amide bonds. The van der Waals surface area contributed by atoms with Crippen molar-refractivity contribution < 1.29 is 22.7 Å². The number of ketones is 2. The standard InChI is InChI=1S/C26H22BrN3O5S/c1-14-3-5-16(6-4-14)36(33,34)30-13-15-8-10-28-22-20(15)24(30)25(32)23-21(22)26(12-19(29-23)35-2)9-7-18(31)17(27)11-26/h3-7,9,11,13,19,29H,8,10,12H2,1-2H3/t19-,26+/m1/s1. The molecule has 0 radical (unpaired) electrons. The van der Waals surface area contributed by atoms with Gasteiger partial charge in [-0.2, -0.15) is 0 Å². The summed E-state index contributed by atoms with van der Waals surface area (Å²) in [6, 6.07) is 6.55. The summed E-state index contributed by atoms with van der Waals surface area (Å²) in [6.07, 6.45) is 7.04. The Bertz CT molecular complexity index is 1590. The number of fused-ring (bicyclic) bond motifs is 2. The van der Waals surface area contributed by atoms with E-state index in [4.69, 9.17) is 9.73 Å². The molecule has 2 atom stereocenters. The van der Waals surface area contributed by atoms with E-state index < -0.39 is 27.4 Å². The summed E-state index contributed by atoms with van der Waals surface area (Å²) in [4.78, 5) is 31.2. The minimum atomic E-state index is -4.04. The van der Waals surface area contributed by atoms with Gasteiger partial charge in [0.15, 0.2) is 5.78 Å². The molecule has 1 aromatic carbocycles. The van der Waals surface area contributed by atoms with Gasteiger partial charge in [-0.05, 0) is 53.0 Å². The first-order chi connectivity index (χ1) is 17.2.